The predicted octanol–water partition coefficient (Wildman–Crippen LogP) is 5.64. The van der Waals surface area contributed by atoms with Gasteiger partial charge in [-0.25, -0.2) is 48.9 Å². The first-order valence-corrected chi connectivity index (χ1v) is 11.9. The maximum absolute atomic E-state index is 15.0. The normalized spacial score (nSPS) is 15.5. The molecule has 0 aliphatic carbocycles. The first-order valence-electron chi connectivity index (χ1n) is 10.5. The lowest BCUT2D eigenvalue weighted by Crippen LogP contribution is -2.35. The molecule has 1 aliphatic rings. The molecule has 0 fully saturated rings. The molecule has 0 N–H and O–H groups in total. The topological polar surface area (TPSA) is 21.6 Å². The summed E-state index contributed by atoms with van der Waals surface area (Å²) in [4.78, 5) is 4.29. The van der Waals surface area contributed by atoms with Crippen LogP contribution in [0.15, 0.2) is 29.3 Å². The predicted molar refractivity (Wildman–Crippen MR) is 116 cm³/mol. The van der Waals surface area contributed by atoms with Gasteiger partial charge in [-0.1, -0.05) is 32.0 Å². The average Bonchev–Trinajstić information content (AvgIpc) is 3.38. The molecule has 4 rings (SSSR count). The highest BCUT2D eigenvalue weighted by molar-refractivity contribution is 7.80. The van der Waals surface area contributed by atoms with Crippen LogP contribution < -0.4 is 15.9 Å². The molecule has 0 aromatic heterocycles. The summed E-state index contributed by atoms with van der Waals surface area (Å²) >= 11 is 0. The van der Waals surface area contributed by atoms with Crippen LogP contribution in [0.5, 0.6) is 0 Å². The second-order valence-electron chi connectivity index (χ2n) is 8.25. The van der Waals surface area contributed by atoms with Crippen LogP contribution >= 0.6 is 7.92 Å². The molecule has 0 amide bonds. The van der Waals surface area contributed by atoms with Crippen LogP contribution in [-0.2, 0) is 4.74 Å². The molecule has 37 heavy (non-hydrogen) atoms. The van der Waals surface area contributed by atoms with Crippen LogP contribution in [0.3, 0.4) is 0 Å². The third-order valence-electron chi connectivity index (χ3n) is 5.64. The van der Waals surface area contributed by atoms with E-state index in [0.717, 1.165) is 6.07 Å². The first-order chi connectivity index (χ1) is 17.4. The molecule has 196 valence electrons. The SMILES string of the molecule is CC(C)[C@H]1COC(c2ccccc2P(c2c(F)c(F)c(F)c(F)c2F)c2c(F)c(F)c(F)c(F)c2F)=N1. The van der Waals surface area contributed by atoms with Crippen LogP contribution in [0.4, 0.5) is 43.9 Å². The number of rotatable bonds is 5. The summed E-state index contributed by atoms with van der Waals surface area (Å²) in [5.41, 5.74) is -0.190. The van der Waals surface area contributed by atoms with E-state index in [4.69, 9.17) is 4.74 Å². The number of nitrogens with zero attached hydrogens (tertiary/aromatic N) is 1. The van der Waals surface area contributed by atoms with Crippen molar-refractivity contribution in [2.24, 2.45) is 10.9 Å². The van der Waals surface area contributed by atoms with Crippen molar-refractivity contribution in [3.8, 4) is 0 Å². The Balaban J connectivity index is 2.14. The third kappa shape index (κ3) is 4.35. The summed E-state index contributed by atoms with van der Waals surface area (Å²) in [6.45, 7) is 3.62. The highest BCUT2D eigenvalue weighted by Gasteiger charge is 2.40. The van der Waals surface area contributed by atoms with E-state index in [1.54, 1.807) is 13.8 Å². The van der Waals surface area contributed by atoms with Crippen molar-refractivity contribution in [1.29, 1.82) is 0 Å². The summed E-state index contributed by atoms with van der Waals surface area (Å²) < 4.78 is 150. The minimum atomic E-state index is -3.64. The Kier molecular flexibility index (Phi) is 7.25. The van der Waals surface area contributed by atoms with E-state index in [-0.39, 0.29) is 24.0 Å². The minimum absolute atomic E-state index is 0.0321. The van der Waals surface area contributed by atoms with Gasteiger partial charge in [0.15, 0.2) is 46.5 Å². The second kappa shape index (κ2) is 9.96. The van der Waals surface area contributed by atoms with Crippen molar-refractivity contribution in [2.75, 3.05) is 6.61 Å². The van der Waals surface area contributed by atoms with Gasteiger partial charge in [-0.3, -0.25) is 0 Å². The molecule has 0 spiro atoms. The lowest BCUT2D eigenvalue weighted by molar-refractivity contribution is 0.292. The quantitative estimate of drug-likeness (QED) is 0.174. The Hall–Kier alpha value is -3.14. The summed E-state index contributed by atoms with van der Waals surface area (Å²) in [6.07, 6.45) is 0. The molecule has 0 radical (unpaired) electrons. The van der Waals surface area contributed by atoms with Crippen molar-refractivity contribution >= 4 is 29.7 Å². The van der Waals surface area contributed by atoms with E-state index >= 15 is 0 Å². The van der Waals surface area contributed by atoms with Crippen LogP contribution in [0.2, 0.25) is 0 Å². The number of halogens is 10. The van der Waals surface area contributed by atoms with Gasteiger partial charge in [0.25, 0.3) is 0 Å². The van der Waals surface area contributed by atoms with E-state index in [9.17, 15) is 43.9 Å². The highest BCUT2D eigenvalue weighted by Crippen LogP contribution is 2.41. The fourth-order valence-corrected chi connectivity index (χ4v) is 6.19. The molecule has 3 aromatic rings. The second-order valence-corrected chi connectivity index (χ2v) is 10.3. The Morgan fingerprint density at radius 3 is 1.49 bits per heavy atom. The minimum Gasteiger partial charge on any atom is -0.475 e. The zero-order chi connectivity index (χ0) is 27.3. The van der Waals surface area contributed by atoms with E-state index in [2.05, 4.69) is 4.99 Å². The molecule has 1 atom stereocenters. The van der Waals surface area contributed by atoms with Crippen LogP contribution in [-0.4, -0.2) is 18.5 Å². The zero-order valence-electron chi connectivity index (χ0n) is 18.8. The van der Waals surface area contributed by atoms with E-state index in [1.165, 1.54) is 18.2 Å². The first kappa shape index (κ1) is 26.9. The van der Waals surface area contributed by atoms with E-state index < -0.39 is 88.0 Å². The molecule has 1 aliphatic heterocycles. The number of aliphatic imine (C=N–C) groups is 1. The molecule has 0 saturated carbocycles. The molecular formula is C24H14F10NOP. The Morgan fingerprint density at radius 1 is 0.676 bits per heavy atom. The fraction of sp³-hybridized carbons (Fsp3) is 0.208. The third-order valence-corrected chi connectivity index (χ3v) is 8.19. The van der Waals surface area contributed by atoms with E-state index in [0.29, 0.717) is 0 Å². The summed E-state index contributed by atoms with van der Waals surface area (Å²) in [7, 11) is -3.64. The highest BCUT2D eigenvalue weighted by atomic mass is 31.1. The number of hydrogen-bond donors (Lipinski definition) is 0. The van der Waals surface area contributed by atoms with Gasteiger partial charge in [0.2, 0.25) is 17.5 Å². The number of benzene rings is 3. The fourth-order valence-electron chi connectivity index (χ4n) is 3.66. The van der Waals surface area contributed by atoms with Crippen LogP contribution in [0.1, 0.15) is 19.4 Å². The van der Waals surface area contributed by atoms with Gasteiger partial charge in [-0.05, 0) is 17.3 Å². The van der Waals surface area contributed by atoms with Gasteiger partial charge >= 0.3 is 0 Å². The van der Waals surface area contributed by atoms with Crippen molar-refractivity contribution in [3.05, 3.63) is 88.0 Å². The monoisotopic (exact) mass is 553 g/mol. The Labute approximate surface area is 204 Å². The van der Waals surface area contributed by atoms with Crippen molar-refractivity contribution in [2.45, 2.75) is 19.9 Å². The molecule has 0 unspecified atom stereocenters. The van der Waals surface area contributed by atoms with Gasteiger partial charge in [-0.2, -0.15) is 0 Å². The van der Waals surface area contributed by atoms with Crippen LogP contribution in [0.25, 0.3) is 0 Å². The Morgan fingerprint density at radius 2 is 1.08 bits per heavy atom. The van der Waals surface area contributed by atoms with Gasteiger partial charge in [0, 0.05) is 13.5 Å². The van der Waals surface area contributed by atoms with Gasteiger partial charge in [-0.15, -0.1) is 0 Å². The van der Waals surface area contributed by atoms with Crippen molar-refractivity contribution in [3.63, 3.8) is 0 Å². The average molecular weight is 553 g/mol. The van der Waals surface area contributed by atoms with Crippen molar-refractivity contribution in [1.82, 2.24) is 0 Å². The molecule has 0 saturated heterocycles. The summed E-state index contributed by atoms with van der Waals surface area (Å²) in [5.74, 6) is -25.2. The maximum Gasteiger partial charge on any atom is 0.217 e. The summed E-state index contributed by atoms with van der Waals surface area (Å²) in [5, 5.41) is -4.05. The maximum atomic E-state index is 15.0. The van der Waals surface area contributed by atoms with E-state index in [1.807, 2.05) is 0 Å². The Bertz CT molecular complexity index is 1310. The number of hydrogen-bond acceptors (Lipinski definition) is 2. The number of ether oxygens (including phenoxy) is 1. The lowest BCUT2D eigenvalue weighted by atomic mass is 10.1. The molecule has 2 nitrogen and oxygen atoms in total. The van der Waals surface area contributed by atoms with Crippen LogP contribution in [0, 0.1) is 64.1 Å². The van der Waals surface area contributed by atoms with Gasteiger partial charge < -0.3 is 4.74 Å². The molecular weight excluding hydrogens is 539 g/mol. The molecule has 1 heterocycles. The molecule has 3 aromatic carbocycles. The lowest BCUT2D eigenvalue weighted by Gasteiger charge is -2.24. The largest absolute Gasteiger partial charge is 0.475 e. The molecule has 0 bridgehead atoms. The molecule has 13 heteroatoms. The zero-order valence-corrected chi connectivity index (χ0v) is 19.6. The smallest absolute Gasteiger partial charge is 0.217 e. The van der Waals surface area contributed by atoms with Gasteiger partial charge in [0.1, 0.15) is 6.61 Å². The van der Waals surface area contributed by atoms with Gasteiger partial charge in [0.05, 0.1) is 16.7 Å². The van der Waals surface area contributed by atoms with Crippen molar-refractivity contribution < 1.29 is 48.6 Å². The summed E-state index contributed by atoms with van der Waals surface area (Å²) in [6, 6.07) is 4.31. The standard InChI is InChI=1S/C24H14F10NOP/c1-8(2)10-7-36-24(35-10)9-5-3-4-6-11(9)37(22-18(31)14(27)12(25)15(28)19(22)32)23-20(33)16(29)13(26)17(30)21(23)34/h3-6,8,10H,7H2,1-2H3/t10-/m1/s1.